The van der Waals surface area contributed by atoms with Crippen molar-refractivity contribution >= 4 is 23.1 Å². The minimum Gasteiger partial charge on any atom is -0.508 e. The molecule has 2 N–H and O–H groups in total. The van der Waals surface area contributed by atoms with Crippen LogP contribution in [0, 0.1) is 13.8 Å². The molecule has 1 aliphatic carbocycles. The molecular formula is C29H27NO4. The van der Waals surface area contributed by atoms with Gasteiger partial charge in [-0.15, -0.1) is 0 Å². The van der Waals surface area contributed by atoms with E-state index in [1.54, 1.807) is 12.1 Å². The summed E-state index contributed by atoms with van der Waals surface area (Å²) in [5.74, 6) is -1.60. The molecular weight excluding hydrogens is 426 g/mol. The van der Waals surface area contributed by atoms with Crippen molar-refractivity contribution < 1.29 is 19.8 Å². The van der Waals surface area contributed by atoms with E-state index in [0.29, 0.717) is 16.8 Å². The van der Waals surface area contributed by atoms with Crippen molar-refractivity contribution in [1.82, 2.24) is 0 Å². The molecule has 0 bridgehead atoms. The van der Waals surface area contributed by atoms with Crippen molar-refractivity contribution in [2.45, 2.75) is 45.6 Å². The second-order valence-corrected chi connectivity index (χ2v) is 9.22. The van der Waals surface area contributed by atoms with Gasteiger partial charge in [-0.1, -0.05) is 30.3 Å². The van der Waals surface area contributed by atoms with Crippen molar-refractivity contribution in [2.24, 2.45) is 0 Å². The first kappa shape index (κ1) is 22.0. The van der Waals surface area contributed by atoms with Crippen LogP contribution in [0.5, 0.6) is 5.75 Å². The summed E-state index contributed by atoms with van der Waals surface area (Å²) in [6, 6.07) is 17.0. The average Bonchev–Trinajstić information content (AvgIpc) is 3.10. The number of hydrogen-bond donors (Lipinski definition) is 2. The van der Waals surface area contributed by atoms with Crippen LogP contribution < -0.4 is 4.90 Å². The zero-order valence-corrected chi connectivity index (χ0v) is 19.3. The van der Waals surface area contributed by atoms with E-state index >= 15 is 0 Å². The van der Waals surface area contributed by atoms with E-state index in [4.69, 9.17) is 0 Å². The smallest absolute Gasteiger partial charge is 0.300 e. The molecule has 2 aliphatic rings. The van der Waals surface area contributed by atoms with E-state index in [2.05, 4.69) is 0 Å². The third-order valence-corrected chi connectivity index (χ3v) is 7.02. The predicted octanol–water partition coefficient (Wildman–Crippen LogP) is 5.51. The molecule has 1 atom stereocenters. The van der Waals surface area contributed by atoms with Crippen molar-refractivity contribution in [1.29, 1.82) is 0 Å². The summed E-state index contributed by atoms with van der Waals surface area (Å²) in [4.78, 5) is 28.1. The Morgan fingerprint density at radius 1 is 0.882 bits per heavy atom. The maximum atomic E-state index is 13.3. The van der Waals surface area contributed by atoms with E-state index < -0.39 is 17.7 Å². The van der Waals surface area contributed by atoms with Gasteiger partial charge in [-0.2, -0.15) is 0 Å². The molecule has 5 nitrogen and oxygen atoms in total. The number of aliphatic hydroxyl groups excluding tert-OH is 1. The van der Waals surface area contributed by atoms with E-state index in [1.807, 2.05) is 50.2 Å². The van der Waals surface area contributed by atoms with E-state index in [-0.39, 0.29) is 17.1 Å². The number of fused-ring (bicyclic) bond motifs is 1. The molecule has 172 valence electrons. The van der Waals surface area contributed by atoms with Crippen molar-refractivity contribution in [3.05, 3.63) is 99.6 Å². The van der Waals surface area contributed by atoms with Crippen LogP contribution in [0.1, 0.15) is 52.3 Å². The first-order valence-electron chi connectivity index (χ1n) is 11.6. The molecule has 1 heterocycles. The molecule has 0 saturated carbocycles. The maximum absolute atomic E-state index is 13.3. The van der Waals surface area contributed by atoms with Crippen LogP contribution in [0.4, 0.5) is 5.69 Å². The number of nitrogens with zero attached hydrogens (tertiary/aromatic N) is 1. The maximum Gasteiger partial charge on any atom is 0.300 e. The van der Waals surface area contributed by atoms with Crippen LogP contribution in [0.3, 0.4) is 0 Å². The molecule has 1 aliphatic heterocycles. The summed E-state index contributed by atoms with van der Waals surface area (Å²) in [5, 5.41) is 21.5. The zero-order chi connectivity index (χ0) is 24.0. The predicted molar refractivity (Wildman–Crippen MR) is 132 cm³/mol. The molecule has 1 amide bonds. The number of phenols is 1. The number of hydrogen-bond acceptors (Lipinski definition) is 4. The van der Waals surface area contributed by atoms with Crippen molar-refractivity contribution in [2.75, 3.05) is 4.90 Å². The van der Waals surface area contributed by atoms with Gasteiger partial charge in [-0.3, -0.25) is 14.5 Å². The van der Waals surface area contributed by atoms with Gasteiger partial charge in [0.1, 0.15) is 11.5 Å². The van der Waals surface area contributed by atoms with Gasteiger partial charge in [0.25, 0.3) is 11.7 Å². The van der Waals surface area contributed by atoms with Gasteiger partial charge in [0.05, 0.1) is 11.6 Å². The molecule has 5 rings (SSSR count). The molecule has 0 aromatic heterocycles. The lowest BCUT2D eigenvalue weighted by Crippen LogP contribution is -2.29. The number of benzene rings is 3. The van der Waals surface area contributed by atoms with Crippen molar-refractivity contribution in [3.8, 4) is 5.75 Å². The van der Waals surface area contributed by atoms with Gasteiger partial charge in [-0.05, 0) is 97.7 Å². The van der Waals surface area contributed by atoms with Crippen LogP contribution in [-0.2, 0) is 22.4 Å². The normalized spacial score (nSPS) is 19.4. The standard InChI is InChI=1S/C29H27NO4/c1-17-10-13-23(14-18(17)2)30-26(21-8-5-9-24(31)16-21)25(28(33)29(30)34)27(32)22-12-11-19-6-3-4-7-20(19)15-22/h5,8-16,26,31-32H,3-4,6-7H2,1-2H3/b27-25-. The van der Waals surface area contributed by atoms with Gasteiger partial charge < -0.3 is 10.2 Å². The number of aryl methyl sites for hydroxylation is 4. The average molecular weight is 454 g/mol. The Morgan fingerprint density at radius 3 is 2.38 bits per heavy atom. The van der Waals surface area contributed by atoms with E-state index in [1.165, 1.54) is 28.2 Å². The Labute approximate surface area is 199 Å². The summed E-state index contributed by atoms with van der Waals surface area (Å²) in [7, 11) is 0. The van der Waals surface area contributed by atoms with Crippen LogP contribution in [-0.4, -0.2) is 21.9 Å². The van der Waals surface area contributed by atoms with Crippen molar-refractivity contribution in [3.63, 3.8) is 0 Å². The number of carbonyl (C=O) groups excluding carboxylic acids is 2. The number of aliphatic hydroxyl groups is 1. The fraction of sp³-hybridized carbons (Fsp3) is 0.241. The minimum absolute atomic E-state index is 0.0250. The van der Waals surface area contributed by atoms with Gasteiger partial charge in [0.2, 0.25) is 0 Å². The largest absolute Gasteiger partial charge is 0.508 e. The third-order valence-electron chi connectivity index (χ3n) is 7.02. The third kappa shape index (κ3) is 3.67. The number of ketones is 1. The summed E-state index contributed by atoms with van der Waals surface area (Å²) in [6.07, 6.45) is 4.19. The van der Waals surface area contributed by atoms with Gasteiger partial charge in [0.15, 0.2) is 0 Å². The monoisotopic (exact) mass is 453 g/mol. The molecule has 0 radical (unpaired) electrons. The fourth-order valence-electron chi connectivity index (χ4n) is 5.02. The second-order valence-electron chi connectivity index (χ2n) is 9.22. The number of carbonyl (C=O) groups is 2. The topological polar surface area (TPSA) is 77.8 Å². The van der Waals surface area contributed by atoms with Gasteiger partial charge in [0, 0.05) is 11.3 Å². The van der Waals surface area contributed by atoms with Crippen LogP contribution >= 0.6 is 0 Å². The molecule has 5 heteroatoms. The SMILES string of the molecule is Cc1ccc(N2C(=O)C(=O)/C(=C(\O)c3ccc4c(c3)CCCC4)C2c2cccc(O)c2)cc1C. The Balaban J connectivity index is 1.71. The quantitative estimate of drug-likeness (QED) is 0.311. The number of aromatic hydroxyl groups is 1. The highest BCUT2D eigenvalue weighted by Gasteiger charge is 2.47. The fourth-order valence-corrected chi connectivity index (χ4v) is 5.02. The Morgan fingerprint density at radius 2 is 1.65 bits per heavy atom. The lowest BCUT2D eigenvalue weighted by atomic mass is 9.88. The lowest BCUT2D eigenvalue weighted by molar-refractivity contribution is -0.132. The first-order chi connectivity index (χ1) is 16.3. The van der Waals surface area contributed by atoms with Crippen LogP contribution in [0.25, 0.3) is 5.76 Å². The Hall–Kier alpha value is -3.86. The molecule has 1 fully saturated rings. The Bertz CT molecular complexity index is 1350. The number of Topliss-reactive ketones (excluding diaryl/α,β-unsaturated/α-hetero) is 1. The number of anilines is 1. The molecule has 1 saturated heterocycles. The first-order valence-corrected chi connectivity index (χ1v) is 11.6. The van der Waals surface area contributed by atoms with Gasteiger partial charge in [-0.25, -0.2) is 0 Å². The zero-order valence-electron chi connectivity index (χ0n) is 19.3. The highest BCUT2D eigenvalue weighted by atomic mass is 16.3. The summed E-state index contributed by atoms with van der Waals surface area (Å²) >= 11 is 0. The van der Waals surface area contributed by atoms with Crippen LogP contribution in [0.15, 0.2) is 66.2 Å². The highest BCUT2D eigenvalue weighted by Crippen LogP contribution is 2.43. The molecule has 0 spiro atoms. The molecule has 3 aromatic rings. The van der Waals surface area contributed by atoms with E-state index in [0.717, 1.165) is 36.8 Å². The summed E-state index contributed by atoms with van der Waals surface area (Å²) in [5.41, 5.74) is 6.19. The lowest BCUT2D eigenvalue weighted by Gasteiger charge is -2.26. The molecule has 34 heavy (non-hydrogen) atoms. The highest BCUT2D eigenvalue weighted by molar-refractivity contribution is 6.51. The number of phenolic OH excluding ortho intramolecular Hbond substituents is 1. The molecule has 1 unspecified atom stereocenters. The second kappa shape index (κ2) is 8.49. The minimum atomic E-state index is -0.856. The summed E-state index contributed by atoms with van der Waals surface area (Å²) < 4.78 is 0. The Kier molecular flexibility index (Phi) is 5.48. The van der Waals surface area contributed by atoms with E-state index in [9.17, 15) is 19.8 Å². The summed E-state index contributed by atoms with van der Waals surface area (Å²) in [6.45, 7) is 3.93. The van der Waals surface area contributed by atoms with Gasteiger partial charge >= 0.3 is 0 Å². The number of rotatable bonds is 3. The molecule has 3 aromatic carbocycles. The van der Waals surface area contributed by atoms with Crippen LogP contribution in [0.2, 0.25) is 0 Å². The number of amides is 1.